The minimum atomic E-state index is 0.404. The van der Waals surface area contributed by atoms with Gasteiger partial charge in [0.15, 0.2) is 0 Å². The van der Waals surface area contributed by atoms with E-state index in [0.717, 1.165) is 6.42 Å². The van der Waals surface area contributed by atoms with Crippen molar-refractivity contribution in [2.75, 3.05) is 0 Å². The van der Waals surface area contributed by atoms with Crippen molar-refractivity contribution in [2.24, 2.45) is 5.92 Å². The summed E-state index contributed by atoms with van der Waals surface area (Å²) in [7, 11) is 0. The largest absolute Gasteiger partial charge is 0.217 e. The van der Waals surface area contributed by atoms with Crippen LogP contribution in [0.2, 0.25) is 5.82 Å². The average Bonchev–Trinajstić information content (AvgIpc) is 2.52. The van der Waals surface area contributed by atoms with Gasteiger partial charge in [-0.15, -0.1) is 0 Å². The normalized spacial score (nSPS) is 13.2. The Bertz CT molecular complexity index is 766. The monoisotopic (exact) mass is 374 g/mol. The summed E-state index contributed by atoms with van der Waals surface area (Å²) in [4.78, 5) is 0. The maximum atomic E-state index is 2.47. The molecule has 150 valence electrons. The van der Waals surface area contributed by atoms with E-state index in [-0.39, 0.29) is 0 Å². The Morgan fingerprint density at radius 1 is 0.786 bits per heavy atom. The summed E-state index contributed by atoms with van der Waals surface area (Å²) in [5.74, 6) is 1.10. The smallest absolute Gasteiger partial charge is 0.0834 e. The Kier molecular flexibility index (Phi) is 7.37. The number of benzene rings is 2. The van der Waals surface area contributed by atoms with Crippen LogP contribution in [-0.4, -0.2) is 6.71 Å². The number of allylic oxidation sites excluding steroid dienone is 2. The van der Waals surface area contributed by atoms with E-state index in [1.165, 1.54) is 49.9 Å². The zero-order chi connectivity index (χ0) is 21.2. The van der Waals surface area contributed by atoms with Gasteiger partial charge < -0.3 is 0 Å². The fourth-order valence-corrected chi connectivity index (χ4v) is 5.38. The summed E-state index contributed by atoms with van der Waals surface area (Å²) in [5, 5.41) is 0. The molecule has 0 saturated heterocycles. The van der Waals surface area contributed by atoms with Gasteiger partial charge >= 0.3 is 0 Å². The fourth-order valence-electron chi connectivity index (χ4n) is 5.38. The molecule has 0 N–H and O–H groups in total. The van der Waals surface area contributed by atoms with Crippen molar-refractivity contribution in [1.29, 1.82) is 0 Å². The molecular formula is C27H39B. The van der Waals surface area contributed by atoms with E-state index in [1.807, 2.05) is 0 Å². The third kappa shape index (κ3) is 4.80. The van der Waals surface area contributed by atoms with Crippen molar-refractivity contribution < 1.29 is 0 Å². The van der Waals surface area contributed by atoms with Gasteiger partial charge in [0.25, 0.3) is 0 Å². The fraction of sp³-hybridized carbons (Fsp3) is 0.481. The third-order valence-electron chi connectivity index (χ3n) is 6.12. The molecule has 0 aliphatic carbocycles. The van der Waals surface area contributed by atoms with Crippen LogP contribution in [-0.2, 0) is 0 Å². The van der Waals surface area contributed by atoms with Crippen LogP contribution in [0.25, 0.3) is 0 Å². The van der Waals surface area contributed by atoms with Crippen LogP contribution in [0.15, 0.2) is 35.9 Å². The number of hydrogen-bond acceptors (Lipinski definition) is 0. The maximum Gasteiger partial charge on any atom is 0.217 e. The maximum absolute atomic E-state index is 2.47. The third-order valence-corrected chi connectivity index (χ3v) is 6.12. The zero-order valence-corrected chi connectivity index (χ0v) is 19.8. The molecule has 0 amide bonds. The van der Waals surface area contributed by atoms with E-state index < -0.39 is 0 Å². The first kappa shape index (κ1) is 22.5. The molecule has 0 spiro atoms. The molecule has 2 aromatic carbocycles. The molecule has 0 nitrogen and oxygen atoms in total. The molecule has 1 atom stereocenters. The summed E-state index contributed by atoms with van der Waals surface area (Å²) in [6, 6.07) is 9.45. The lowest BCUT2D eigenvalue weighted by Crippen LogP contribution is -2.51. The molecule has 1 heteroatoms. The van der Waals surface area contributed by atoms with E-state index >= 15 is 0 Å². The Balaban J connectivity index is 2.84. The van der Waals surface area contributed by atoms with Crippen molar-refractivity contribution in [2.45, 2.75) is 81.5 Å². The molecule has 0 aliphatic heterocycles. The van der Waals surface area contributed by atoms with Crippen molar-refractivity contribution in [1.82, 2.24) is 0 Å². The average molecular weight is 374 g/mol. The second-order valence-corrected chi connectivity index (χ2v) is 9.27. The van der Waals surface area contributed by atoms with Crippen LogP contribution in [0.3, 0.4) is 0 Å². The number of rotatable bonds is 6. The molecule has 0 radical (unpaired) electrons. The van der Waals surface area contributed by atoms with Crippen molar-refractivity contribution >= 4 is 17.6 Å². The molecule has 1 unspecified atom stereocenters. The van der Waals surface area contributed by atoms with Gasteiger partial charge in [0.05, 0.1) is 0 Å². The topological polar surface area (TPSA) is 0 Å². The van der Waals surface area contributed by atoms with Gasteiger partial charge in [0, 0.05) is 0 Å². The first-order chi connectivity index (χ1) is 13.1. The van der Waals surface area contributed by atoms with Gasteiger partial charge in [-0.1, -0.05) is 107 Å². The highest BCUT2D eigenvalue weighted by Crippen LogP contribution is 2.29. The zero-order valence-electron chi connectivity index (χ0n) is 19.8. The second-order valence-electron chi connectivity index (χ2n) is 9.27. The minimum Gasteiger partial charge on any atom is -0.0834 e. The van der Waals surface area contributed by atoms with Gasteiger partial charge in [-0.05, 0) is 60.2 Å². The quantitative estimate of drug-likeness (QED) is 0.398. The van der Waals surface area contributed by atoms with Crippen LogP contribution in [0.4, 0.5) is 0 Å². The standard InChI is InChI=1S/C27H39B/c1-11-25(20(6)12-17(2)3)28(26-21(7)13-18(4)14-22(26)8)27-23(9)15-19(5)16-24(27)10/h12-17,25H,11H2,1-10H3/b20-12-. The molecule has 0 bridgehead atoms. The Labute approximate surface area is 174 Å². The lowest BCUT2D eigenvalue weighted by atomic mass is 9.29. The summed E-state index contributed by atoms with van der Waals surface area (Å²) >= 11 is 0. The van der Waals surface area contributed by atoms with Gasteiger partial charge in [-0.3, -0.25) is 0 Å². The lowest BCUT2D eigenvalue weighted by Gasteiger charge is -2.31. The van der Waals surface area contributed by atoms with Crippen molar-refractivity contribution in [3.05, 3.63) is 69.3 Å². The highest BCUT2D eigenvalue weighted by Gasteiger charge is 2.33. The molecule has 0 heterocycles. The summed E-state index contributed by atoms with van der Waals surface area (Å²) in [6.07, 6.45) is 3.62. The van der Waals surface area contributed by atoms with Crippen LogP contribution in [0.1, 0.15) is 67.5 Å². The van der Waals surface area contributed by atoms with E-state index in [0.29, 0.717) is 18.4 Å². The minimum absolute atomic E-state index is 0.404. The highest BCUT2D eigenvalue weighted by atomic mass is 14.2. The molecule has 0 fully saturated rings. The van der Waals surface area contributed by atoms with Gasteiger partial charge in [-0.25, -0.2) is 0 Å². The second kappa shape index (κ2) is 9.16. The summed E-state index contributed by atoms with van der Waals surface area (Å²) in [5.41, 5.74) is 13.0. The summed E-state index contributed by atoms with van der Waals surface area (Å²) in [6.45, 7) is 23.3. The van der Waals surface area contributed by atoms with Gasteiger partial charge in [0.2, 0.25) is 6.71 Å². The number of hydrogen-bond donors (Lipinski definition) is 0. The van der Waals surface area contributed by atoms with Crippen LogP contribution in [0.5, 0.6) is 0 Å². The number of aryl methyl sites for hydroxylation is 6. The van der Waals surface area contributed by atoms with Gasteiger partial charge in [-0.2, -0.15) is 0 Å². The molecule has 2 rings (SSSR count). The van der Waals surface area contributed by atoms with E-state index in [4.69, 9.17) is 0 Å². The molecule has 28 heavy (non-hydrogen) atoms. The van der Waals surface area contributed by atoms with Crippen LogP contribution >= 0.6 is 0 Å². The van der Waals surface area contributed by atoms with Crippen molar-refractivity contribution in [3.63, 3.8) is 0 Å². The summed E-state index contributed by atoms with van der Waals surface area (Å²) < 4.78 is 0. The molecular weight excluding hydrogens is 335 g/mol. The van der Waals surface area contributed by atoms with E-state index in [2.05, 4.69) is 99.6 Å². The Morgan fingerprint density at radius 2 is 1.14 bits per heavy atom. The molecule has 0 aliphatic rings. The van der Waals surface area contributed by atoms with Crippen molar-refractivity contribution in [3.8, 4) is 0 Å². The molecule has 0 aromatic heterocycles. The molecule has 2 aromatic rings. The van der Waals surface area contributed by atoms with E-state index in [1.54, 1.807) is 0 Å². The SMILES string of the molecule is CCC(B(c1c(C)cc(C)cc1C)c1c(C)cc(C)cc1C)/C(C)=C\C(C)C. The molecule has 0 saturated carbocycles. The van der Waals surface area contributed by atoms with E-state index in [9.17, 15) is 0 Å². The lowest BCUT2D eigenvalue weighted by molar-refractivity contribution is 0.794. The van der Waals surface area contributed by atoms with Crippen LogP contribution < -0.4 is 10.9 Å². The first-order valence-corrected chi connectivity index (χ1v) is 10.9. The highest BCUT2D eigenvalue weighted by molar-refractivity contribution is 6.88. The van der Waals surface area contributed by atoms with Crippen LogP contribution in [0, 0.1) is 47.5 Å². The Morgan fingerprint density at radius 3 is 1.43 bits per heavy atom. The predicted molar refractivity (Wildman–Crippen MR) is 129 cm³/mol. The predicted octanol–water partition coefficient (Wildman–Crippen LogP) is 6.53. The van der Waals surface area contributed by atoms with Gasteiger partial charge in [0.1, 0.15) is 0 Å². The first-order valence-electron chi connectivity index (χ1n) is 10.9. The Hall–Kier alpha value is -1.76.